The molecule has 0 aliphatic heterocycles. The SMILES string of the molecule is COCCC(C)C(NN)c1cc(Cl)ccc1I. The molecule has 0 fully saturated rings. The van der Waals surface area contributed by atoms with E-state index in [1.165, 1.54) is 3.57 Å². The van der Waals surface area contributed by atoms with Gasteiger partial charge in [-0.05, 0) is 58.7 Å². The van der Waals surface area contributed by atoms with Gasteiger partial charge in [-0.15, -0.1) is 0 Å². The lowest BCUT2D eigenvalue weighted by atomic mass is 9.93. The summed E-state index contributed by atoms with van der Waals surface area (Å²) in [5.74, 6) is 6.04. The van der Waals surface area contributed by atoms with Crippen molar-refractivity contribution in [2.45, 2.75) is 19.4 Å². The minimum Gasteiger partial charge on any atom is -0.385 e. The van der Waals surface area contributed by atoms with Crippen molar-refractivity contribution in [1.29, 1.82) is 0 Å². The summed E-state index contributed by atoms with van der Waals surface area (Å²) in [7, 11) is 1.71. The molecule has 0 radical (unpaired) electrons. The van der Waals surface area contributed by atoms with Gasteiger partial charge in [-0.3, -0.25) is 11.3 Å². The molecule has 2 atom stereocenters. The Morgan fingerprint density at radius 1 is 1.53 bits per heavy atom. The summed E-state index contributed by atoms with van der Waals surface area (Å²) in [5.41, 5.74) is 4.02. The highest BCUT2D eigenvalue weighted by atomic mass is 127. The van der Waals surface area contributed by atoms with Crippen LogP contribution in [0.3, 0.4) is 0 Å². The third-order valence-electron chi connectivity index (χ3n) is 2.82. The summed E-state index contributed by atoms with van der Waals surface area (Å²) in [6, 6.07) is 5.96. The average molecular weight is 369 g/mol. The Labute approximate surface area is 121 Å². The van der Waals surface area contributed by atoms with Crippen molar-refractivity contribution in [2.75, 3.05) is 13.7 Å². The van der Waals surface area contributed by atoms with Crippen LogP contribution in [0.5, 0.6) is 0 Å². The van der Waals surface area contributed by atoms with E-state index in [0.717, 1.165) is 23.6 Å². The highest BCUT2D eigenvalue weighted by molar-refractivity contribution is 14.1. The van der Waals surface area contributed by atoms with Crippen LogP contribution in [0.2, 0.25) is 5.02 Å². The van der Waals surface area contributed by atoms with Crippen LogP contribution >= 0.6 is 34.2 Å². The summed E-state index contributed by atoms with van der Waals surface area (Å²) >= 11 is 8.33. The van der Waals surface area contributed by atoms with Crippen LogP contribution in [0.4, 0.5) is 0 Å². The van der Waals surface area contributed by atoms with Gasteiger partial charge in [0.1, 0.15) is 0 Å². The molecule has 0 amide bonds. The fraction of sp³-hybridized carbons (Fsp3) is 0.500. The second-order valence-corrected chi connectivity index (χ2v) is 5.67. The van der Waals surface area contributed by atoms with Gasteiger partial charge in [0, 0.05) is 28.4 Å². The maximum atomic E-state index is 6.03. The van der Waals surface area contributed by atoms with Crippen molar-refractivity contribution in [2.24, 2.45) is 11.8 Å². The number of hydrazine groups is 1. The van der Waals surface area contributed by atoms with E-state index in [4.69, 9.17) is 22.2 Å². The van der Waals surface area contributed by atoms with E-state index >= 15 is 0 Å². The summed E-state index contributed by atoms with van der Waals surface area (Å²) in [6.07, 6.45) is 0.952. The molecule has 0 saturated heterocycles. The first-order valence-corrected chi connectivity index (χ1v) is 6.95. The second-order valence-electron chi connectivity index (χ2n) is 4.07. The van der Waals surface area contributed by atoms with Crippen molar-refractivity contribution in [3.05, 3.63) is 32.4 Å². The predicted octanol–water partition coefficient (Wildman–Crippen LogP) is 3.12. The molecule has 0 aromatic heterocycles. The van der Waals surface area contributed by atoms with E-state index in [-0.39, 0.29) is 6.04 Å². The van der Waals surface area contributed by atoms with E-state index in [0.29, 0.717) is 5.92 Å². The lowest BCUT2D eigenvalue weighted by Gasteiger charge is -2.24. The fourth-order valence-corrected chi connectivity index (χ4v) is 2.64. The zero-order chi connectivity index (χ0) is 12.8. The topological polar surface area (TPSA) is 47.3 Å². The summed E-state index contributed by atoms with van der Waals surface area (Å²) in [6.45, 7) is 2.89. The second kappa shape index (κ2) is 7.53. The normalized spacial score (nSPS) is 14.6. The lowest BCUT2D eigenvalue weighted by Crippen LogP contribution is -2.33. The van der Waals surface area contributed by atoms with E-state index < -0.39 is 0 Å². The maximum Gasteiger partial charge on any atom is 0.0497 e. The number of hydrogen-bond donors (Lipinski definition) is 2. The first-order valence-electron chi connectivity index (χ1n) is 5.50. The molecule has 2 unspecified atom stereocenters. The Hall–Kier alpha value is 0.120. The van der Waals surface area contributed by atoms with Gasteiger partial charge in [0.25, 0.3) is 0 Å². The van der Waals surface area contributed by atoms with Crippen molar-refractivity contribution in [3.8, 4) is 0 Å². The first kappa shape index (κ1) is 15.2. The Morgan fingerprint density at radius 2 is 2.24 bits per heavy atom. The van der Waals surface area contributed by atoms with Gasteiger partial charge in [0.2, 0.25) is 0 Å². The minimum absolute atomic E-state index is 0.0933. The van der Waals surface area contributed by atoms with Gasteiger partial charge < -0.3 is 4.74 Å². The van der Waals surface area contributed by atoms with Crippen molar-refractivity contribution >= 4 is 34.2 Å². The van der Waals surface area contributed by atoms with Crippen LogP contribution in [0, 0.1) is 9.49 Å². The Kier molecular flexibility index (Phi) is 6.72. The number of rotatable bonds is 6. The third-order valence-corrected chi connectivity index (χ3v) is 4.04. The zero-order valence-electron chi connectivity index (χ0n) is 10.0. The van der Waals surface area contributed by atoms with Gasteiger partial charge in [-0.25, -0.2) is 0 Å². The van der Waals surface area contributed by atoms with Crippen molar-refractivity contribution in [3.63, 3.8) is 0 Å². The molecule has 3 N–H and O–H groups in total. The molecule has 17 heavy (non-hydrogen) atoms. The van der Waals surface area contributed by atoms with E-state index in [2.05, 4.69) is 34.9 Å². The number of halogens is 2. The van der Waals surface area contributed by atoms with Gasteiger partial charge in [-0.1, -0.05) is 18.5 Å². The minimum atomic E-state index is 0.0933. The van der Waals surface area contributed by atoms with Crippen LogP contribution in [-0.4, -0.2) is 13.7 Å². The smallest absolute Gasteiger partial charge is 0.0497 e. The molecule has 1 aromatic rings. The standard InChI is InChI=1S/C12H18ClIN2O/c1-8(5-6-17-2)12(16-15)10-7-9(13)3-4-11(10)14/h3-4,7-8,12,16H,5-6,15H2,1-2H3. The van der Waals surface area contributed by atoms with Crippen molar-refractivity contribution in [1.82, 2.24) is 5.43 Å². The fourth-order valence-electron chi connectivity index (χ4n) is 1.78. The van der Waals surface area contributed by atoms with E-state index in [9.17, 15) is 0 Å². The number of nitrogens with two attached hydrogens (primary N) is 1. The number of ether oxygens (including phenoxy) is 1. The van der Waals surface area contributed by atoms with Gasteiger partial charge in [0.05, 0.1) is 0 Å². The lowest BCUT2D eigenvalue weighted by molar-refractivity contribution is 0.170. The van der Waals surface area contributed by atoms with Crippen molar-refractivity contribution < 1.29 is 4.74 Å². The highest BCUT2D eigenvalue weighted by Crippen LogP contribution is 2.29. The Balaban J connectivity index is 2.88. The molecule has 1 aromatic carbocycles. The van der Waals surface area contributed by atoms with Crippen LogP contribution in [0.1, 0.15) is 24.9 Å². The molecule has 3 nitrogen and oxygen atoms in total. The number of nitrogens with one attached hydrogen (secondary N) is 1. The predicted molar refractivity (Wildman–Crippen MR) is 79.9 cm³/mol. The number of hydrogen-bond acceptors (Lipinski definition) is 3. The molecular formula is C12H18ClIN2O. The maximum absolute atomic E-state index is 6.03. The molecule has 0 aliphatic rings. The first-order chi connectivity index (χ1) is 8.10. The highest BCUT2D eigenvalue weighted by Gasteiger charge is 2.20. The summed E-state index contributed by atoms with van der Waals surface area (Å²) < 4.78 is 6.27. The monoisotopic (exact) mass is 368 g/mol. The van der Waals surface area contributed by atoms with Gasteiger partial charge in [0.15, 0.2) is 0 Å². The Bertz CT molecular complexity index is 362. The van der Waals surface area contributed by atoms with Crippen LogP contribution in [0.15, 0.2) is 18.2 Å². The molecule has 1 rings (SSSR count). The molecule has 0 bridgehead atoms. The number of methoxy groups -OCH3 is 1. The van der Waals surface area contributed by atoms with Crippen LogP contribution in [0.25, 0.3) is 0 Å². The Morgan fingerprint density at radius 3 is 2.82 bits per heavy atom. The van der Waals surface area contributed by atoms with Gasteiger partial charge in [-0.2, -0.15) is 0 Å². The average Bonchev–Trinajstić information content (AvgIpc) is 2.32. The molecule has 0 heterocycles. The van der Waals surface area contributed by atoms with Crippen LogP contribution < -0.4 is 11.3 Å². The summed E-state index contributed by atoms with van der Waals surface area (Å²) in [4.78, 5) is 0. The molecule has 0 aliphatic carbocycles. The molecule has 0 spiro atoms. The third kappa shape index (κ3) is 4.37. The quantitative estimate of drug-likeness (QED) is 0.461. The zero-order valence-corrected chi connectivity index (χ0v) is 13.0. The summed E-state index contributed by atoms with van der Waals surface area (Å²) in [5, 5.41) is 0.736. The van der Waals surface area contributed by atoms with E-state index in [1.54, 1.807) is 7.11 Å². The number of benzene rings is 1. The van der Waals surface area contributed by atoms with Gasteiger partial charge >= 0.3 is 0 Å². The van der Waals surface area contributed by atoms with E-state index in [1.807, 2.05) is 18.2 Å². The molecule has 0 saturated carbocycles. The van der Waals surface area contributed by atoms with Crippen LogP contribution in [-0.2, 0) is 4.74 Å². The molecular weight excluding hydrogens is 351 g/mol. The largest absolute Gasteiger partial charge is 0.385 e. The molecule has 5 heteroatoms. The molecule has 96 valence electrons.